The maximum Gasteiger partial charge on any atom is 0.240 e. The molecule has 0 aliphatic heterocycles. The first-order valence-electron chi connectivity index (χ1n) is 3.00. The molecule has 0 amide bonds. The van der Waals surface area contributed by atoms with E-state index < -0.39 is 10.0 Å². The lowest BCUT2D eigenvalue weighted by atomic mass is 10.4. The Morgan fingerprint density at radius 1 is 1.23 bits per heavy atom. The summed E-state index contributed by atoms with van der Waals surface area (Å²) in [6.45, 7) is 0. The Kier molecular flexibility index (Phi) is 3.40. The van der Waals surface area contributed by atoms with E-state index in [4.69, 9.17) is 16.7 Å². The maximum atomic E-state index is 11.1. The molecule has 0 aromatic heterocycles. The number of nitrogens with two attached hydrogens (primary N) is 1. The molecule has 2 N–H and O–H groups in total. The molecule has 1 rings (SSSR count). The van der Waals surface area contributed by atoms with Crippen LogP contribution in [-0.4, -0.2) is 8.42 Å². The van der Waals surface area contributed by atoms with Gasteiger partial charge in [-0.15, -0.1) is 0 Å². The van der Waals surface area contributed by atoms with Gasteiger partial charge in [-0.3, -0.25) is 0 Å². The van der Waals surface area contributed by atoms with Gasteiger partial charge in [0.05, 0.1) is 5.02 Å². The molecule has 1 aromatic carbocycles. The zero-order chi connectivity index (χ0) is 10.2. The monoisotopic (exact) mass is 347 g/mol. The van der Waals surface area contributed by atoms with Gasteiger partial charge in [0, 0.05) is 8.95 Å². The van der Waals surface area contributed by atoms with Gasteiger partial charge in [0.2, 0.25) is 10.0 Å². The van der Waals surface area contributed by atoms with Crippen molar-refractivity contribution in [1.82, 2.24) is 0 Å². The molecule has 3 nitrogen and oxygen atoms in total. The zero-order valence-electron chi connectivity index (χ0n) is 6.09. The van der Waals surface area contributed by atoms with Crippen LogP contribution in [0.25, 0.3) is 0 Å². The highest BCUT2D eigenvalue weighted by Crippen LogP contribution is 2.34. The second-order valence-electron chi connectivity index (χ2n) is 2.22. The molecule has 1 aromatic rings. The first kappa shape index (κ1) is 11.5. The minimum atomic E-state index is -3.80. The van der Waals surface area contributed by atoms with Crippen molar-refractivity contribution < 1.29 is 8.42 Å². The van der Waals surface area contributed by atoms with E-state index in [-0.39, 0.29) is 9.92 Å². The fourth-order valence-electron chi connectivity index (χ4n) is 0.769. The Bertz CT molecular complexity index is 446. The summed E-state index contributed by atoms with van der Waals surface area (Å²) in [5.41, 5.74) is 0. The van der Waals surface area contributed by atoms with Crippen LogP contribution in [0.1, 0.15) is 0 Å². The SMILES string of the molecule is NS(=O)(=O)c1c(Br)ccc(Br)c1Cl. The van der Waals surface area contributed by atoms with Gasteiger partial charge in [0.1, 0.15) is 4.90 Å². The fraction of sp³-hybridized carbons (Fsp3) is 0. The third-order valence-corrected chi connectivity index (χ3v) is 4.60. The van der Waals surface area contributed by atoms with Crippen molar-refractivity contribution in [3.63, 3.8) is 0 Å². The summed E-state index contributed by atoms with van der Waals surface area (Å²) < 4.78 is 23.0. The predicted molar refractivity (Wildman–Crippen MR) is 58.2 cm³/mol. The predicted octanol–water partition coefficient (Wildman–Crippen LogP) is 2.51. The molecular formula is C6H4Br2ClNO2S. The molecule has 0 spiro atoms. The summed E-state index contributed by atoms with van der Waals surface area (Å²) in [5.74, 6) is 0. The van der Waals surface area contributed by atoms with Crippen LogP contribution in [-0.2, 0) is 10.0 Å². The molecule has 0 heterocycles. The third-order valence-electron chi connectivity index (χ3n) is 1.29. The second-order valence-corrected chi connectivity index (χ2v) is 5.80. The van der Waals surface area contributed by atoms with Crippen LogP contribution in [0, 0.1) is 0 Å². The Morgan fingerprint density at radius 2 is 1.69 bits per heavy atom. The topological polar surface area (TPSA) is 60.2 Å². The lowest BCUT2D eigenvalue weighted by molar-refractivity contribution is 0.597. The highest BCUT2D eigenvalue weighted by atomic mass is 79.9. The lowest BCUT2D eigenvalue weighted by Crippen LogP contribution is -2.13. The second kappa shape index (κ2) is 3.86. The zero-order valence-corrected chi connectivity index (χ0v) is 10.8. The molecule has 0 aliphatic rings. The van der Waals surface area contributed by atoms with Crippen molar-refractivity contribution >= 4 is 53.5 Å². The summed E-state index contributed by atoms with van der Waals surface area (Å²) in [5, 5.41) is 5.04. The van der Waals surface area contributed by atoms with E-state index in [1.807, 2.05) is 0 Å². The molecule has 0 atom stereocenters. The first-order chi connectivity index (χ1) is 5.84. The quantitative estimate of drug-likeness (QED) is 0.792. The van der Waals surface area contributed by atoms with Crippen LogP contribution in [0.15, 0.2) is 26.0 Å². The van der Waals surface area contributed by atoms with Crippen LogP contribution < -0.4 is 5.14 Å². The number of rotatable bonds is 1. The summed E-state index contributed by atoms with van der Waals surface area (Å²) >= 11 is 11.9. The fourth-order valence-corrected chi connectivity index (χ4v) is 3.54. The largest absolute Gasteiger partial charge is 0.240 e. The van der Waals surface area contributed by atoms with Crippen LogP contribution in [0.3, 0.4) is 0 Å². The van der Waals surface area contributed by atoms with E-state index in [9.17, 15) is 8.42 Å². The Hall–Kier alpha value is 0.380. The standard InChI is InChI=1S/C6H4Br2ClNO2S/c7-3-1-2-4(8)6(5(3)9)13(10,11)12/h1-2H,(H2,10,11,12). The van der Waals surface area contributed by atoms with Gasteiger partial charge in [-0.2, -0.15) is 0 Å². The average molecular weight is 349 g/mol. The van der Waals surface area contributed by atoms with Crippen LogP contribution >= 0.6 is 43.5 Å². The number of benzene rings is 1. The van der Waals surface area contributed by atoms with Crippen molar-refractivity contribution in [3.05, 3.63) is 26.1 Å². The summed E-state index contributed by atoms with van der Waals surface area (Å²) in [6.07, 6.45) is 0. The van der Waals surface area contributed by atoms with E-state index >= 15 is 0 Å². The number of hydrogen-bond acceptors (Lipinski definition) is 2. The highest BCUT2D eigenvalue weighted by molar-refractivity contribution is 9.11. The first-order valence-corrected chi connectivity index (χ1v) is 6.51. The number of halogens is 3. The minimum Gasteiger partial charge on any atom is -0.225 e. The Morgan fingerprint density at radius 3 is 2.08 bits per heavy atom. The van der Waals surface area contributed by atoms with Gasteiger partial charge in [-0.1, -0.05) is 11.6 Å². The summed E-state index contributed by atoms with van der Waals surface area (Å²) in [6, 6.07) is 3.18. The summed E-state index contributed by atoms with van der Waals surface area (Å²) in [7, 11) is -3.80. The van der Waals surface area contributed by atoms with Gasteiger partial charge in [-0.25, -0.2) is 13.6 Å². The lowest BCUT2D eigenvalue weighted by Gasteiger charge is -2.05. The van der Waals surface area contributed by atoms with Crippen LogP contribution in [0.2, 0.25) is 5.02 Å². The maximum absolute atomic E-state index is 11.1. The normalized spacial score (nSPS) is 11.7. The summed E-state index contributed by atoms with van der Waals surface area (Å²) in [4.78, 5) is -0.108. The molecule has 0 fully saturated rings. The number of sulfonamides is 1. The van der Waals surface area contributed by atoms with Crippen LogP contribution in [0.4, 0.5) is 0 Å². The molecule has 72 valence electrons. The van der Waals surface area contributed by atoms with Crippen molar-refractivity contribution in [2.75, 3.05) is 0 Å². The minimum absolute atomic E-state index is 0.0804. The Labute approximate surface area is 97.6 Å². The highest BCUT2D eigenvalue weighted by Gasteiger charge is 2.18. The van der Waals surface area contributed by atoms with Crippen molar-refractivity contribution in [2.45, 2.75) is 4.90 Å². The third kappa shape index (κ3) is 2.44. The molecule has 0 radical (unpaired) electrons. The molecule has 0 saturated carbocycles. The van der Waals surface area contributed by atoms with E-state index in [1.54, 1.807) is 12.1 Å². The molecule has 13 heavy (non-hydrogen) atoms. The molecular weight excluding hydrogens is 345 g/mol. The van der Waals surface area contributed by atoms with Gasteiger partial charge >= 0.3 is 0 Å². The van der Waals surface area contributed by atoms with Gasteiger partial charge in [0.15, 0.2) is 0 Å². The van der Waals surface area contributed by atoms with Gasteiger partial charge < -0.3 is 0 Å². The molecule has 0 bridgehead atoms. The number of hydrogen-bond donors (Lipinski definition) is 1. The van der Waals surface area contributed by atoms with Gasteiger partial charge in [-0.05, 0) is 44.0 Å². The van der Waals surface area contributed by atoms with E-state index in [0.717, 1.165) is 0 Å². The molecule has 0 saturated heterocycles. The van der Waals surface area contributed by atoms with Crippen molar-refractivity contribution in [2.24, 2.45) is 5.14 Å². The van der Waals surface area contributed by atoms with E-state index in [2.05, 4.69) is 31.9 Å². The van der Waals surface area contributed by atoms with Crippen LogP contribution in [0.5, 0.6) is 0 Å². The molecule has 0 unspecified atom stereocenters. The number of primary sulfonamides is 1. The van der Waals surface area contributed by atoms with E-state index in [0.29, 0.717) is 8.95 Å². The molecule has 0 aliphatic carbocycles. The van der Waals surface area contributed by atoms with Gasteiger partial charge in [0.25, 0.3) is 0 Å². The van der Waals surface area contributed by atoms with E-state index in [1.165, 1.54) is 0 Å². The smallest absolute Gasteiger partial charge is 0.225 e. The average Bonchev–Trinajstić information content (AvgIpc) is 1.95. The molecule has 7 heteroatoms. The van der Waals surface area contributed by atoms with Crippen molar-refractivity contribution in [3.8, 4) is 0 Å². The Balaban J connectivity index is 3.62. The van der Waals surface area contributed by atoms with Crippen molar-refractivity contribution in [1.29, 1.82) is 0 Å².